The Morgan fingerprint density at radius 1 is 1.10 bits per heavy atom. The van der Waals surface area contributed by atoms with E-state index in [2.05, 4.69) is 30.4 Å². The van der Waals surface area contributed by atoms with Crippen molar-refractivity contribution < 1.29 is 14.6 Å². The van der Waals surface area contributed by atoms with Crippen molar-refractivity contribution in [2.24, 2.45) is 0 Å². The molecule has 0 aromatic heterocycles. The second-order valence-corrected chi connectivity index (χ2v) is 4.68. The summed E-state index contributed by atoms with van der Waals surface area (Å²) >= 11 is 0. The molecule has 1 atom stereocenters. The molecule has 4 heteroatoms. The van der Waals surface area contributed by atoms with Crippen LogP contribution in [0.15, 0.2) is 24.3 Å². The summed E-state index contributed by atoms with van der Waals surface area (Å²) in [5, 5.41) is 13.0. The Hall–Kier alpha value is -0.940. The van der Waals surface area contributed by atoms with E-state index in [-0.39, 0.29) is 0 Å². The van der Waals surface area contributed by atoms with Crippen LogP contribution in [0.3, 0.4) is 0 Å². The first-order chi connectivity index (χ1) is 9.77. The van der Waals surface area contributed by atoms with Gasteiger partial charge in [-0.15, -0.1) is 0 Å². The lowest BCUT2D eigenvalue weighted by atomic mass is 10.1. The molecule has 20 heavy (non-hydrogen) atoms. The minimum Gasteiger partial charge on any atom is -0.389 e. The fourth-order valence-electron chi connectivity index (χ4n) is 1.99. The molecule has 1 unspecified atom stereocenters. The Morgan fingerprint density at radius 2 is 1.80 bits per heavy atom. The number of ether oxygens (including phenoxy) is 2. The van der Waals surface area contributed by atoms with Crippen LogP contribution in [0.4, 0.5) is 0 Å². The minimum atomic E-state index is -0.481. The van der Waals surface area contributed by atoms with E-state index in [1.807, 2.05) is 13.0 Å². The van der Waals surface area contributed by atoms with Crippen LogP contribution in [0, 0.1) is 0 Å². The number of benzene rings is 1. The van der Waals surface area contributed by atoms with Gasteiger partial charge in [0.15, 0.2) is 0 Å². The molecule has 0 aliphatic heterocycles. The lowest BCUT2D eigenvalue weighted by Gasteiger charge is -2.13. The molecule has 0 amide bonds. The molecular weight excluding hydrogens is 254 g/mol. The lowest BCUT2D eigenvalue weighted by Crippen LogP contribution is -2.30. The molecule has 114 valence electrons. The molecule has 0 saturated carbocycles. The van der Waals surface area contributed by atoms with Gasteiger partial charge in [0.25, 0.3) is 0 Å². The molecule has 2 N–H and O–H groups in total. The molecule has 0 heterocycles. The van der Waals surface area contributed by atoms with Crippen molar-refractivity contribution in [2.45, 2.75) is 32.9 Å². The number of aliphatic hydroxyl groups excluding tert-OH is 1. The van der Waals surface area contributed by atoms with Crippen LogP contribution in [0.1, 0.15) is 25.0 Å². The Bertz CT molecular complexity index is 357. The molecular formula is C16H27NO3. The molecule has 1 aromatic rings. The van der Waals surface area contributed by atoms with E-state index in [0.717, 1.165) is 13.0 Å². The van der Waals surface area contributed by atoms with Crippen molar-refractivity contribution in [3.63, 3.8) is 0 Å². The highest BCUT2D eigenvalue weighted by molar-refractivity contribution is 5.26. The number of aryl methyl sites for hydroxylation is 1. The average Bonchev–Trinajstić information content (AvgIpc) is 2.47. The first-order valence-corrected chi connectivity index (χ1v) is 7.39. The standard InChI is InChI=1S/C16H27NO3/c1-3-14-7-5-6-8-15(14)11-17-12-16(18)13-20-10-9-19-4-2/h5-8,16-18H,3-4,9-13H2,1-2H3. The molecule has 0 fully saturated rings. The van der Waals surface area contributed by atoms with Crippen molar-refractivity contribution in [2.75, 3.05) is 33.0 Å². The van der Waals surface area contributed by atoms with Crippen molar-refractivity contribution in [1.82, 2.24) is 5.32 Å². The lowest BCUT2D eigenvalue weighted by molar-refractivity contribution is 0.00642. The van der Waals surface area contributed by atoms with Gasteiger partial charge in [0.05, 0.1) is 25.9 Å². The maximum atomic E-state index is 9.78. The highest BCUT2D eigenvalue weighted by atomic mass is 16.5. The van der Waals surface area contributed by atoms with Crippen LogP contribution in [0.25, 0.3) is 0 Å². The van der Waals surface area contributed by atoms with Gasteiger partial charge < -0.3 is 19.9 Å². The normalized spacial score (nSPS) is 12.6. The second-order valence-electron chi connectivity index (χ2n) is 4.68. The predicted molar refractivity (Wildman–Crippen MR) is 80.8 cm³/mol. The van der Waals surface area contributed by atoms with E-state index in [1.54, 1.807) is 0 Å². The van der Waals surface area contributed by atoms with Gasteiger partial charge >= 0.3 is 0 Å². The largest absolute Gasteiger partial charge is 0.389 e. The summed E-state index contributed by atoms with van der Waals surface area (Å²) in [6, 6.07) is 8.37. The number of nitrogens with one attached hydrogen (secondary N) is 1. The zero-order chi connectivity index (χ0) is 14.6. The van der Waals surface area contributed by atoms with E-state index in [4.69, 9.17) is 9.47 Å². The summed E-state index contributed by atoms with van der Waals surface area (Å²) in [5.74, 6) is 0. The van der Waals surface area contributed by atoms with Crippen LogP contribution < -0.4 is 5.32 Å². The summed E-state index contributed by atoms with van der Waals surface area (Å²) in [6.07, 6.45) is 0.548. The van der Waals surface area contributed by atoms with Crippen molar-refractivity contribution in [3.8, 4) is 0 Å². The summed E-state index contributed by atoms with van der Waals surface area (Å²) in [4.78, 5) is 0. The van der Waals surface area contributed by atoms with Gasteiger partial charge in [-0.05, 0) is 24.5 Å². The van der Waals surface area contributed by atoms with Gasteiger partial charge in [-0.3, -0.25) is 0 Å². The fraction of sp³-hybridized carbons (Fsp3) is 0.625. The Morgan fingerprint density at radius 3 is 2.50 bits per heavy atom. The van der Waals surface area contributed by atoms with Gasteiger partial charge in [-0.25, -0.2) is 0 Å². The summed E-state index contributed by atoms with van der Waals surface area (Å²) in [5.41, 5.74) is 2.64. The Labute approximate surface area is 122 Å². The van der Waals surface area contributed by atoms with Gasteiger partial charge in [0, 0.05) is 19.7 Å². The smallest absolute Gasteiger partial charge is 0.0897 e. The van der Waals surface area contributed by atoms with Crippen molar-refractivity contribution in [3.05, 3.63) is 35.4 Å². The zero-order valence-electron chi connectivity index (χ0n) is 12.6. The SMILES string of the molecule is CCOCCOCC(O)CNCc1ccccc1CC. The van der Waals surface area contributed by atoms with Crippen LogP contribution in [0.2, 0.25) is 0 Å². The third-order valence-electron chi connectivity index (χ3n) is 3.08. The molecule has 4 nitrogen and oxygen atoms in total. The van der Waals surface area contributed by atoms with Crippen LogP contribution >= 0.6 is 0 Å². The molecule has 1 aromatic carbocycles. The molecule has 0 aliphatic carbocycles. The Balaban J connectivity index is 2.13. The van der Waals surface area contributed by atoms with Gasteiger partial charge in [0.2, 0.25) is 0 Å². The fourth-order valence-corrected chi connectivity index (χ4v) is 1.99. The quantitative estimate of drug-likeness (QED) is 0.607. The topological polar surface area (TPSA) is 50.7 Å². The average molecular weight is 281 g/mol. The van der Waals surface area contributed by atoms with Crippen LogP contribution in [-0.2, 0) is 22.4 Å². The molecule has 0 aliphatic rings. The maximum Gasteiger partial charge on any atom is 0.0897 e. The van der Waals surface area contributed by atoms with Crippen LogP contribution in [-0.4, -0.2) is 44.2 Å². The summed E-state index contributed by atoms with van der Waals surface area (Å²) in [7, 11) is 0. The van der Waals surface area contributed by atoms with E-state index in [0.29, 0.717) is 33.0 Å². The number of hydrogen-bond donors (Lipinski definition) is 2. The predicted octanol–water partition coefficient (Wildman–Crippen LogP) is 1.75. The second kappa shape index (κ2) is 10.8. The highest BCUT2D eigenvalue weighted by Gasteiger charge is 2.05. The monoisotopic (exact) mass is 281 g/mol. The summed E-state index contributed by atoms with van der Waals surface area (Å²) < 4.78 is 10.5. The number of aliphatic hydroxyl groups is 1. The van der Waals surface area contributed by atoms with Gasteiger partial charge in [-0.1, -0.05) is 31.2 Å². The van der Waals surface area contributed by atoms with Crippen molar-refractivity contribution in [1.29, 1.82) is 0 Å². The molecule has 1 rings (SSSR count). The molecule has 0 saturated heterocycles. The van der Waals surface area contributed by atoms with Crippen molar-refractivity contribution >= 4 is 0 Å². The third-order valence-corrected chi connectivity index (χ3v) is 3.08. The van der Waals surface area contributed by atoms with Crippen LogP contribution in [0.5, 0.6) is 0 Å². The zero-order valence-corrected chi connectivity index (χ0v) is 12.6. The first kappa shape index (κ1) is 17.1. The third kappa shape index (κ3) is 7.01. The summed E-state index contributed by atoms with van der Waals surface area (Å²) in [6.45, 7) is 7.57. The van der Waals surface area contributed by atoms with E-state index in [1.165, 1.54) is 11.1 Å². The molecule has 0 spiro atoms. The highest BCUT2D eigenvalue weighted by Crippen LogP contribution is 2.08. The Kier molecular flexibility index (Phi) is 9.24. The molecule has 0 radical (unpaired) electrons. The van der Waals surface area contributed by atoms with E-state index in [9.17, 15) is 5.11 Å². The minimum absolute atomic E-state index is 0.343. The number of rotatable bonds is 11. The van der Waals surface area contributed by atoms with E-state index >= 15 is 0 Å². The van der Waals surface area contributed by atoms with Gasteiger partial charge in [0.1, 0.15) is 0 Å². The number of hydrogen-bond acceptors (Lipinski definition) is 4. The first-order valence-electron chi connectivity index (χ1n) is 7.39. The van der Waals surface area contributed by atoms with Gasteiger partial charge in [-0.2, -0.15) is 0 Å². The maximum absolute atomic E-state index is 9.78. The van der Waals surface area contributed by atoms with E-state index < -0.39 is 6.10 Å². The molecule has 0 bridgehead atoms.